The lowest BCUT2D eigenvalue weighted by Gasteiger charge is -2.37. The molecule has 1 fully saturated rings. The van der Waals surface area contributed by atoms with Crippen LogP contribution in [0.3, 0.4) is 0 Å². The number of non-ortho nitro benzene ring substituents is 1. The molecule has 1 aliphatic heterocycles. The number of aliphatic hydroxyl groups excluding tert-OH is 1. The molecule has 15 nitrogen and oxygen atoms in total. The molecule has 0 spiro atoms. The van der Waals surface area contributed by atoms with Crippen LogP contribution < -0.4 is 20.5 Å². The van der Waals surface area contributed by atoms with E-state index < -0.39 is 53.0 Å². The number of carbonyl (C=O) groups excluding carboxylic acids is 1. The fourth-order valence-electron chi connectivity index (χ4n) is 6.75. The molecule has 1 amide bonds. The Kier molecular flexibility index (Phi) is 13.1. The standard InChI is InChI=1S/C42H44N4O11/c1-27(47)43-37-22-24-45(41(49)44-37)40-39(56-28(2)54-25-23-29-10-16-33(17-11-29)46(50)51)38(48)36(57-40)26-55-42(30-8-6-5-7-9-30,31-12-18-34(52-3)19-13-31)32-14-20-35(53-4)21-15-32/h5-22,24,28,36,38-40,48H,23,25-26H2,1-4H3,(H,43,44,47,49)/t28?,36-,38-,39-,40-/m1/s1. The molecule has 5 atom stereocenters. The molecular weight excluding hydrogens is 736 g/mol. The minimum atomic E-state index is -1.34. The maximum absolute atomic E-state index is 13.4. The Morgan fingerprint density at radius 3 is 2.07 bits per heavy atom. The number of amides is 1. The van der Waals surface area contributed by atoms with Crippen molar-refractivity contribution in [2.24, 2.45) is 0 Å². The van der Waals surface area contributed by atoms with Crippen LogP contribution in [0.25, 0.3) is 0 Å². The number of benzene rings is 4. The molecule has 298 valence electrons. The van der Waals surface area contributed by atoms with Crippen LogP contribution >= 0.6 is 0 Å². The third-order valence-electron chi connectivity index (χ3n) is 9.60. The molecule has 1 aromatic heterocycles. The molecule has 0 aliphatic carbocycles. The van der Waals surface area contributed by atoms with Gasteiger partial charge in [0.25, 0.3) is 5.69 Å². The second-order valence-electron chi connectivity index (χ2n) is 13.3. The Morgan fingerprint density at radius 2 is 1.53 bits per heavy atom. The summed E-state index contributed by atoms with van der Waals surface area (Å²) in [6.07, 6.45) is -3.76. The van der Waals surface area contributed by atoms with Crippen molar-refractivity contribution in [1.82, 2.24) is 9.55 Å². The molecule has 1 unspecified atom stereocenters. The number of ether oxygens (including phenoxy) is 6. The van der Waals surface area contributed by atoms with Gasteiger partial charge in [-0.2, -0.15) is 4.98 Å². The van der Waals surface area contributed by atoms with Gasteiger partial charge < -0.3 is 38.8 Å². The number of hydrogen-bond acceptors (Lipinski definition) is 12. The lowest BCUT2D eigenvalue weighted by Crippen LogP contribution is -2.42. The molecule has 15 heteroatoms. The van der Waals surface area contributed by atoms with Crippen LogP contribution in [-0.2, 0) is 35.8 Å². The molecule has 6 rings (SSSR count). The average molecular weight is 781 g/mol. The van der Waals surface area contributed by atoms with Crippen molar-refractivity contribution in [2.75, 3.05) is 32.8 Å². The van der Waals surface area contributed by atoms with Crippen molar-refractivity contribution < 1.29 is 43.2 Å². The average Bonchev–Trinajstić information content (AvgIpc) is 3.52. The quantitative estimate of drug-likeness (QED) is 0.0533. The van der Waals surface area contributed by atoms with E-state index in [0.29, 0.717) is 17.9 Å². The van der Waals surface area contributed by atoms with E-state index in [1.807, 2.05) is 78.9 Å². The van der Waals surface area contributed by atoms with Crippen molar-refractivity contribution in [2.45, 2.75) is 56.7 Å². The first-order chi connectivity index (χ1) is 27.5. The topological polar surface area (TPSA) is 183 Å². The molecule has 2 heterocycles. The van der Waals surface area contributed by atoms with Crippen molar-refractivity contribution in [3.8, 4) is 11.5 Å². The van der Waals surface area contributed by atoms with Gasteiger partial charge in [0.15, 0.2) is 12.5 Å². The summed E-state index contributed by atoms with van der Waals surface area (Å²) in [4.78, 5) is 39.6. The molecule has 1 saturated heterocycles. The number of anilines is 1. The largest absolute Gasteiger partial charge is 0.497 e. The number of carbonyl (C=O) groups is 1. The number of nitrogens with one attached hydrogen (secondary N) is 1. The second kappa shape index (κ2) is 18.3. The number of aromatic nitrogens is 2. The van der Waals surface area contributed by atoms with E-state index in [1.165, 1.54) is 35.9 Å². The first kappa shape index (κ1) is 40.7. The molecule has 0 radical (unpaired) electrons. The fraction of sp³-hybridized carbons (Fsp3) is 0.310. The molecule has 2 N–H and O–H groups in total. The number of nitro groups is 1. The highest BCUT2D eigenvalue weighted by atomic mass is 16.7. The highest BCUT2D eigenvalue weighted by molar-refractivity contribution is 5.87. The zero-order chi connectivity index (χ0) is 40.5. The summed E-state index contributed by atoms with van der Waals surface area (Å²) in [7, 11) is 3.18. The number of rotatable bonds is 17. The molecule has 4 aromatic carbocycles. The predicted molar refractivity (Wildman–Crippen MR) is 208 cm³/mol. The van der Waals surface area contributed by atoms with Crippen molar-refractivity contribution in [1.29, 1.82) is 0 Å². The van der Waals surface area contributed by atoms with Crippen molar-refractivity contribution >= 4 is 17.4 Å². The van der Waals surface area contributed by atoms with Gasteiger partial charge in [-0.3, -0.25) is 19.5 Å². The predicted octanol–water partition coefficient (Wildman–Crippen LogP) is 5.38. The first-order valence-electron chi connectivity index (χ1n) is 18.2. The maximum Gasteiger partial charge on any atom is 0.351 e. The Labute approximate surface area is 328 Å². The van der Waals surface area contributed by atoms with E-state index in [2.05, 4.69) is 10.3 Å². The minimum Gasteiger partial charge on any atom is -0.497 e. The monoisotopic (exact) mass is 780 g/mol. The Morgan fingerprint density at radius 1 is 0.930 bits per heavy atom. The van der Waals surface area contributed by atoms with Crippen LogP contribution in [0, 0.1) is 10.1 Å². The highest BCUT2D eigenvalue weighted by Gasteiger charge is 2.49. The van der Waals surface area contributed by atoms with Crippen LogP contribution in [0.1, 0.15) is 42.3 Å². The van der Waals surface area contributed by atoms with Crippen molar-refractivity contribution in [3.05, 3.63) is 158 Å². The maximum atomic E-state index is 13.4. The SMILES string of the molecule is COc1ccc(C(OC[C@H]2O[C@@H](n3ccc(NC(C)=O)nc3=O)[C@H](OC(C)OCCc3ccc([N+](=O)[O-])cc3)[C@@H]2O)(c2ccccc2)c2ccc(OC)cc2)cc1. The third kappa shape index (κ3) is 9.36. The zero-order valence-corrected chi connectivity index (χ0v) is 31.8. The molecule has 5 aromatic rings. The van der Waals surface area contributed by atoms with Crippen LogP contribution in [-0.4, -0.2) is 77.5 Å². The van der Waals surface area contributed by atoms with E-state index in [-0.39, 0.29) is 24.7 Å². The Hall–Kier alpha value is -5.97. The van der Waals surface area contributed by atoms with E-state index in [1.54, 1.807) is 33.3 Å². The Balaban J connectivity index is 1.30. The summed E-state index contributed by atoms with van der Waals surface area (Å²) in [6, 6.07) is 32.2. The van der Waals surface area contributed by atoms with Gasteiger partial charge in [0, 0.05) is 25.3 Å². The summed E-state index contributed by atoms with van der Waals surface area (Å²) < 4.78 is 37.8. The van der Waals surface area contributed by atoms with E-state index in [4.69, 9.17) is 28.4 Å². The van der Waals surface area contributed by atoms with E-state index in [9.17, 15) is 24.8 Å². The summed E-state index contributed by atoms with van der Waals surface area (Å²) in [5.41, 5.74) is 1.14. The fourth-order valence-corrected chi connectivity index (χ4v) is 6.75. The van der Waals surface area contributed by atoms with Gasteiger partial charge in [0.1, 0.15) is 41.2 Å². The minimum absolute atomic E-state index is 0.0139. The van der Waals surface area contributed by atoms with Crippen LogP contribution in [0.4, 0.5) is 11.5 Å². The van der Waals surface area contributed by atoms with Crippen LogP contribution in [0.5, 0.6) is 11.5 Å². The summed E-state index contributed by atoms with van der Waals surface area (Å²) in [5, 5.41) is 25.5. The lowest BCUT2D eigenvalue weighted by atomic mass is 9.80. The number of methoxy groups -OCH3 is 2. The van der Waals surface area contributed by atoms with Crippen molar-refractivity contribution in [3.63, 3.8) is 0 Å². The van der Waals surface area contributed by atoms with E-state index in [0.717, 1.165) is 22.3 Å². The zero-order valence-electron chi connectivity index (χ0n) is 31.8. The van der Waals surface area contributed by atoms with Gasteiger partial charge in [-0.05, 0) is 65.9 Å². The van der Waals surface area contributed by atoms with Gasteiger partial charge >= 0.3 is 5.69 Å². The molecular formula is C42H44N4O11. The van der Waals surface area contributed by atoms with Gasteiger partial charge in [-0.1, -0.05) is 66.7 Å². The van der Waals surface area contributed by atoms with Crippen LogP contribution in [0.15, 0.2) is 120 Å². The Bertz CT molecular complexity index is 2120. The number of aliphatic hydroxyl groups is 1. The van der Waals surface area contributed by atoms with Gasteiger partial charge in [0.2, 0.25) is 5.91 Å². The van der Waals surface area contributed by atoms with Gasteiger partial charge in [0.05, 0.1) is 32.4 Å². The molecule has 1 aliphatic rings. The molecule has 57 heavy (non-hydrogen) atoms. The molecule has 0 saturated carbocycles. The normalized spacial score (nSPS) is 18.5. The van der Waals surface area contributed by atoms with Gasteiger partial charge in [-0.25, -0.2) is 4.79 Å². The summed E-state index contributed by atoms with van der Waals surface area (Å²) >= 11 is 0. The lowest BCUT2D eigenvalue weighted by molar-refractivity contribution is -0.384. The summed E-state index contributed by atoms with van der Waals surface area (Å²) in [5.74, 6) is 0.955. The van der Waals surface area contributed by atoms with Gasteiger partial charge in [-0.15, -0.1) is 0 Å². The molecule has 0 bridgehead atoms. The number of nitro benzene ring substituents is 1. The highest BCUT2D eigenvalue weighted by Crippen LogP contribution is 2.43. The van der Waals surface area contributed by atoms with E-state index >= 15 is 0 Å². The first-order valence-corrected chi connectivity index (χ1v) is 18.2. The summed E-state index contributed by atoms with van der Waals surface area (Å²) in [6.45, 7) is 2.97. The third-order valence-corrected chi connectivity index (χ3v) is 9.60. The second-order valence-corrected chi connectivity index (χ2v) is 13.3. The smallest absolute Gasteiger partial charge is 0.351 e. The van der Waals surface area contributed by atoms with Crippen LogP contribution in [0.2, 0.25) is 0 Å². The number of hydrogen-bond donors (Lipinski definition) is 2. The number of nitrogens with zero attached hydrogens (tertiary/aromatic N) is 3.